The first-order chi connectivity index (χ1) is 16.2. The van der Waals surface area contributed by atoms with E-state index in [0.29, 0.717) is 24.2 Å². The zero-order chi connectivity index (χ0) is 24.7. The van der Waals surface area contributed by atoms with Crippen LogP contribution in [-0.2, 0) is 17.8 Å². The molecule has 0 aliphatic carbocycles. The van der Waals surface area contributed by atoms with Gasteiger partial charge in [0, 0.05) is 18.5 Å². The predicted molar refractivity (Wildman–Crippen MR) is 131 cm³/mol. The number of rotatable bonds is 10. The van der Waals surface area contributed by atoms with Crippen LogP contribution in [0.1, 0.15) is 62.9 Å². The van der Waals surface area contributed by atoms with Crippen molar-refractivity contribution in [3.63, 3.8) is 0 Å². The van der Waals surface area contributed by atoms with Crippen LogP contribution in [0.5, 0.6) is 0 Å². The van der Waals surface area contributed by atoms with E-state index in [9.17, 15) is 14.4 Å². The molecule has 1 amide bonds. The number of hydrogen-bond acceptors (Lipinski definition) is 4. The van der Waals surface area contributed by atoms with Gasteiger partial charge in [0.25, 0.3) is 5.91 Å². The first-order valence-corrected chi connectivity index (χ1v) is 11.1. The van der Waals surface area contributed by atoms with Crippen LogP contribution in [0.15, 0.2) is 61.1 Å². The van der Waals surface area contributed by atoms with Crippen molar-refractivity contribution < 1.29 is 19.5 Å². The number of amides is 1. The fourth-order valence-corrected chi connectivity index (χ4v) is 3.61. The van der Waals surface area contributed by atoms with Crippen molar-refractivity contribution in [1.29, 1.82) is 0 Å². The van der Waals surface area contributed by atoms with Crippen molar-refractivity contribution in [1.82, 2.24) is 14.9 Å². The Morgan fingerprint density at radius 3 is 2.53 bits per heavy atom. The number of nitrogens with zero attached hydrogens (tertiary/aromatic N) is 2. The van der Waals surface area contributed by atoms with E-state index in [2.05, 4.69) is 10.3 Å². The summed E-state index contributed by atoms with van der Waals surface area (Å²) in [6.07, 6.45) is 7.27. The maximum atomic E-state index is 12.8. The molecule has 0 aliphatic rings. The predicted octanol–water partition coefficient (Wildman–Crippen LogP) is 4.27. The summed E-state index contributed by atoms with van der Waals surface area (Å²) in [5, 5.41) is 11.3. The molecule has 34 heavy (non-hydrogen) atoms. The molecular formula is C27H29N3O4. The number of carboxylic acids is 1. The number of Topliss-reactive ketones (excluding diaryl/α,β-unsaturated/α-hetero) is 1. The van der Waals surface area contributed by atoms with Crippen molar-refractivity contribution in [3.8, 4) is 0 Å². The number of aryl methyl sites for hydroxylation is 1. The third-order valence-corrected chi connectivity index (χ3v) is 5.44. The van der Waals surface area contributed by atoms with Crippen molar-refractivity contribution in [2.24, 2.45) is 0 Å². The molecule has 2 N–H and O–H groups in total. The van der Waals surface area contributed by atoms with Crippen LogP contribution in [0.25, 0.3) is 6.08 Å². The standard InChI is InChI=1S/C27H29N3O4/c1-18(2)22-11-10-20(13-23(22)27(34)29-16-26(32)33)5-4-12-30-17-28-15-24(30)25(31)14-21-8-6-19(3)7-9-21/h4-11,13,15,17-18H,12,14,16H2,1-3H3,(H,29,34)(H,32,33)/b5-4+. The zero-order valence-electron chi connectivity index (χ0n) is 19.6. The van der Waals surface area contributed by atoms with Crippen LogP contribution in [0, 0.1) is 6.92 Å². The lowest BCUT2D eigenvalue weighted by molar-refractivity contribution is -0.135. The Kier molecular flexibility index (Phi) is 8.14. The van der Waals surface area contributed by atoms with Gasteiger partial charge in [0.15, 0.2) is 5.78 Å². The molecule has 176 valence electrons. The lowest BCUT2D eigenvalue weighted by Crippen LogP contribution is -2.30. The number of ketones is 1. The highest BCUT2D eigenvalue weighted by Crippen LogP contribution is 2.22. The number of carboxylic acid groups (broad SMARTS) is 1. The van der Waals surface area contributed by atoms with Crippen molar-refractivity contribution in [2.75, 3.05) is 6.54 Å². The number of hydrogen-bond donors (Lipinski definition) is 2. The number of aromatic nitrogens is 2. The van der Waals surface area contributed by atoms with Crippen molar-refractivity contribution in [3.05, 3.63) is 94.6 Å². The number of carbonyl (C=O) groups excluding carboxylic acids is 2. The van der Waals surface area contributed by atoms with E-state index in [1.54, 1.807) is 23.2 Å². The van der Waals surface area contributed by atoms with Gasteiger partial charge in [-0.05, 0) is 35.6 Å². The SMILES string of the molecule is Cc1ccc(CC(=O)c2cncn2C/C=C/c2ccc(C(C)C)c(C(=O)NCC(=O)O)c2)cc1. The number of nitrogens with one attached hydrogen (secondary N) is 1. The minimum absolute atomic E-state index is 0.00609. The Balaban J connectivity index is 1.72. The summed E-state index contributed by atoms with van der Waals surface area (Å²) in [6.45, 7) is 5.98. The highest BCUT2D eigenvalue weighted by Gasteiger charge is 2.15. The van der Waals surface area contributed by atoms with Crippen LogP contribution >= 0.6 is 0 Å². The zero-order valence-corrected chi connectivity index (χ0v) is 19.6. The molecule has 0 fully saturated rings. The van der Waals surface area contributed by atoms with Crippen LogP contribution < -0.4 is 5.32 Å². The number of imidazole rings is 1. The monoisotopic (exact) mass is 459 g/mol. The molecule has 3 rings (SSSR count). The van der Waals surface area contributed by atoms with Gasteiger partial charge in [-0.2, -0.15) is 0 Å². The maximum Gasteiger partial charge on any atom is 0.322 e. The minimum atomic E-state index is -1.09. The Morgan fingerprint density at radius 1 is 1.12 bits per heavy atom. The molecular weight excluding hydrogens is 430 g/mol. The average molecular weight is 460 g/mol. The summed E-state index contributed by atoms with van der Waals surface area (Å²) in [7, 11) is 0. The molecule has 1 aromatic heterocycles. The number of carbonyl (C=O) groups is 3. The van der Waals surface area contributed by atoms with Gasteiger partial charge in [0.1, 0.15) is 12.2 Å². The number of allylic oxidation sites excluding steroid dienone is 1. The van der Waals surface area contributed by atoms with Gasteiger partial charge >= 0.3 is 5.97 Å². The summed E-state index contributed by atoms with van der Waals surface area (Å²) >= 11 is 0. The largest absolute Gasteiger partial charge is 0.480 e. The molecule has 1 heterocycles. The molecule has 7 heteroatoms. The van der Waals surface area contributed by atoms with Gasteiger partial charge < -0.3 is 15.0 Å². The molecule has 0 atom stereocenters. The fraction of sp³-hybridized carbons (Fsp3) is 0.259. The summed E-state index contributed by atoms with van der Waals surface area (Å²) in [5.74, 6) is -1.41. The highest BCUT2D eigenvalue weighted by atomic mass is 16.4. The molecule has 7 nitrogen and oxygen atoms in total. The molecule has 0 unspecified atom stereocenters. The van der Waals surface area contributed by atoms with E-state index in [0.717, 1.165) is 22.3 Å². The summed E-state index contributed by atoms with van der Waals surface area (Å²) in [6, 6.07) is 13.4. The number of benzene rings is 2. The molecule has 0 saturated heterocycles. The van der Waals surface area contributed by atoms with Crippen LogP contribution in [0.3, 0.4) is 0 Å². The van der Waals surface area contributed by atoms with E-state index in [1.165, 1.54) is 0 Å². The van der Waals surface area contributed by atoms with E-state index >= 15 is 0 Å². The Hall–Kier alpha value is -4.00. The molecule has 3 aromatic rings. The topological polar surface area (TPSA) is 101 Å². The van der Waals surface area contributed by atoms with Gasteiger partial charge in [0.05, 0.1) is 12.5 Å². The second kappa shape index (κ2) is 11.2. The molecule has 0 radical (unpaired) electrons. The third kappa shape index (κ3) is 6.51. The molecule has 0 saturated carbocycles. The van der Waals surface area contributed by atoms with E-state index in [-0.39, 0.29) is 11.7 Å². The Bertz CT molecular complexity index is 1210. The minimum Gasteiger partial charge on any atom is -0.480 e. The summed E-state index contributed by atoms with van der Waals surface area (Å²) in [5.41, 5.74) is 4.74. The van der Waals surface area contributed by atoms with Crippen LogP contribution in [-0.4, -0.2) is 38.9 Å². The van der Waals surface area contributed by atoms with Gasteiger partial charge in [-0.3, -0.25) is 14.4 Å². The number of aliphatic carboxylic acids is 1. The normalized spacial score (nSPS) is 11.2. The smallest absolute Gasteiger partial charge is 0.322 e. The third-order valence-electron chi connectivity index (χ3n) is 5.44. The summed E-state index contributed by atoms with van der Waals surface area (Å²) < 4.78 is 1.79. The van der Waals surface area contributed by atoms with Gasteiger partial charge in [-0.25, -0.2) is 4.98 Å². The first-order valence-electron chi connectivity index (χ1n) is 11.1. The molecule has 0 aliphatic heterocycles. The molecule has 0 bridgehead atoms. The van der Waals surface area contributed by atoms with Gasteiger partial charge in [-0.15, -0.1) is 0 Å². The van der Waals surface area contributed by atoms with Crippen LogP contribution in [0.4, 0.5) is 0 Å². The van der Waals surface area contributed by atoms with Crippen LogP contribution in [0.2, 0.25) is 0 Å². The average Bonchev–Trinajstić information content (AvgIpc) is 3.27. The summed E-state index contributed by atoms with van der Waals surface area (Å²) in [4.78, 5) is 40.2. The van der Waals surface area contributed by atoms with E-state index in [1.807, 2.05) is 69.3 Å². The Labute approximate surface area is 199 Å². The van der Waals surface area contributed by atoms with Gasteiger partial charge in [-0.1, -0.05) is 68.0 Å². The molecule has 0 spiro atoms. The fourth-order valence-electron chi connectivity index (χ4n) is 3.61. The highest BCUT2D eigenvalue weighted by molar-refractivity contribution is 5.98. The Morgan fingerprint density at radius 2 is 1.85 bits per heavy atom. The van der Waals surface area contributed by atoms with Gasteiger partial charge in [0.2, 0.25) is 0 Å². The lowest BCUT2D eigenvalue weighted by Gasteiger charge is -2.13. The first kappa shape index (κ1) is 24.6. The van der Waals surface area contributed by atoms with E-state index in [4.69, 9.17) is 5.11 Å². The second-order valence-electron chi connectivity index (χ2n) is 8.50. The maximum absolute atomic E-state index is 12.8. The van der Waals surface area contributed by atoms with E-state index < -0.39 is 18.4 Å². The lowest BCUT2D eigenvalue weighted by atomic mass is 9.94. The van der Waals surface area contributed by atoms with Crippen molar-refractivity contribution in [2.45, 2.75) is 39.7 Å². The quantitative estimate of drug-likeness (QED) is 0.441. The second-order valence-corrected chi connectivity index (χ2v) is 8.50. The molecule has 2 aromatic carbocycles. The van der Waals surface area contributed by atoms with Crippen molar-refractivity contribution >= 4 is 23.7 Å².